The summed E-state index contributed by atoms with van der Waals surface area (Å²) in [4.78, 5) is 14.2. The summed E-state index contributed by atoms with van der Waals surface area (Å²) in [5.41, 5.74) is 10.5. The molecule has 0 fully saturated rings. The molecule has 0 amide bonds. The first-order valence-corrected chi connectivity index (χ1v) is 10.5. The molecule has 166 valence electrons. The number of nitrogen functional groups attached to an aromatic ring is 1. The first-order valence-electron chi connectivity index (χ1n) is 10.5. The average Bonchev–Trinajstić information content (AvgIpc) is 2.76. The fraction of sp³-hybridized carbons (Fsp3) is 0.280. The number of fused-ring (bicyclic) bond motifs is 2. The third kappa shape index (κ3) is 3.49. The Bertz CT molecular complexity index is 1190. The second kappa shape index (κ2) is 8.07. The van der Waals surface area contributed by atoms with Crippen LogP contribution in [0.3, 0.4) is 0 Å². The van der Waals surface area contributed by atoms with Crippen molar-refractivity contribution < 1.29 is 19.2 Å². The third-order valence-corrected chi connectivity index (χ3v) is 6.13. The Morgan fingerprint density at radius 3 is 2.53 bits per heavy atom. The average molecular weight is 433 g/mol. The van der Waals surface area contributed by atoms with E-state index in [0.29, 0.717) is 17.0 Å². The molecule has 0 saturated heterocycles. The van der Waals surface area contributed by atoms with Gasteiger partial charge in [0.1, 0.15) is 25.6 Å². The van der Waals surface area contributed by atoms with Gasteiger partial charge in [-0.1, -0.05) is 18.2 Å². The van der Waals surface area contributed by atoms with Crippen molar-refractivity contribution in [1.29, 1.82) is 0 Å². The number of hydrogen-bond acceptors (Lipinski definition) is 6. The number of nitrogens with zero attached hydrogens (tertiary/aromatic N) is 2. The molecule has 2 aromatic carbocycles. The van der Waals surface area contributed by atoms with E-state index < -0.39 is 5.97 Å². The lowest BCUT2D eigenvalue weighted by molar-refractivity contribution is -0.462. The van der Waals surface area contributed by atoms with Gasteiger partial charge in [0.2, 0.25) is 5.71 Å². The minimum Gasteiger partial charge on any atom is -0.545 e. The van der Waals surface area contributed by atoms with Crippen LogP contribution in [0.5, 0.6) is 5.75 Å². The standard InChI is InChI=1S/C25H28N4O3/c1-27-19-11-10-18(23(24(19)26)25(30)31)22-16-8-6-14(28(2)3)12-20(16)32-21-13-15(29(4)5)7-9-17(21)22/h6-13,16,22,27H,26H2,1-5H3. The van der Waals surface area contributed by atoms with E-state index in [1.807, 2.05) is 80.1 Å². The SMILES string of the molecule is CNc1ccc(C2c3ccc(N(C)C)cc3OC3=CC(=[N+](C)C)C=CC32)c(C(=O)[O-])c1N. The van der Waals surface area contributed by atoms with Crippen LogP contribution in [-0.4, -0.2) is 51.5 Å². The first kappa shape index (κ1) is 21.5. The van der Waals surface area contributed by atoms with E-state index in [-0.39, 0.29) is 23.1 Å². The Kier molecular flexibility index (Phi) is 5.42. The summed E-state index contributed by atoms with van der Waals surface area (Å²) in [6.07, 6.45) is 6.11. The van der Waals surface area contributed by atoms with Gasteiger partial charge in [0.15, 0.2) is 0 Å². The molecule has 7 nitrogen and oxygen atoms in total. The molecular weight excluding hydrogens is 404 g/mol. The maximum atomic E-state index is 12.2. The van der Waals surface area contributed by atoms with Crippen LogP contribution in [0.2, 0.25) is 0 Å². The molecule has 2 aromatic rings. The van der Waals surface area contributed by atoms with Crippen molar-refractivity contribution in [2.24, 2.45) is 5.92 Å². The van der Waals surface area contributed by atoms with Crippen LogP contribution < -0.4 is 25.8 Å². The molecule has 2 atom stereocenters. The van der Waals surface area contributed by atoms with E-state index in [4.69, 9.17) is 10.5 Å². The van der Waals surface area contributed by atoms with Crippen molar-refractivity contribution in [3.8, 4) is 5.75 Å². The van der Waals surface area contributed by atoms with Crippen molar-refractivity contribution in [3.63, 3.8) is 0 Å². The van der Waals surface area contributed by atoms with Crippen LogP contribution in [0.15, 0.2) is 54.3 Å². The van der Waals surface area contributed by atoms with E-state index in [1.165, 1.54) is 0 Å². The molecule has 0 bridgehead atoms. The van der Waals surface area contributed by atoms with Crippen molar-refractivity contribution in [1.82, 2.24) is 0 Å². The molecule has 0 aromatic heterocycles. The molecule has 32 heavy (non-hydrogen) atoms. The van der Waals surface area contributed by atoms with E-state index in [0.717, 1.165) is 22.7 Å². The van der Waals surface area contributed by atoms with Crippen LogP contribution in [0, 0.1) is 5.92 Å². The Morgan fingerprint density at radius 2 is 1.91 bits per heavy atom. The normalized spacial score (nSPS) is 18.8. The lowest BCUT2D eigenvalue weighted by atomic mass is 9.74. The number of nitrogens with two attached hydrogens (primary N) is 1. The maximum absolute atomic E-state index is 12.2. The van der Waals surface area contributed by atoms with Crippen molar-refractivity contribution >= 4 is 28.7 Å². The fourth-order valence-corrected chi connectivity index (χ4v) is 4.41. The van der Waals surface area contributed by atoms with Crippen molar-refractivity contribution in [2.75, 3.05) is 51.2 Å². The van der Waals surface area contributed by atoms with Gasteiger partial charge in [-0.3, -0.25) is 0 Å². The Balaban J connectivity index is 1.99. The minimum absolute atomic E-state index is 0.0153. The van der Waals surface area contributed by atoms with Crippen LogP contribution in [0.25, 0.3) is 0 Å². The first-order chi connectivity index (χ1) is 15.2. The number of aromatic carboxylic acids is 1. The van der Waals surface area contributed by atoms with Gasteiger partial charge in [-0.15, -0.1) is 0 Å². The molecule has 2 aliphatic rings. The third-order valence-electron chi connectivity index (χ3n) is 6.13. The molecule has 3 N–H and O–H groups in total. The second-order valence-corrected chi connectivity index (χ2v) is 8.48. The molecular formula is C25H28N4O3. The molecule has 1 aliphatic heterocycles. The second-order valence-electron chi connectivity index (χ2n) is 8.48. The zero-order chi connectivity index (χ0) is 23.2. The zero-order valence-corrected chi connectivity index (χ0v) is 19.0. The number of hydrogen-bond donors (Lipinski definition) is 2. The summed E-state index contributed by atoms with van der Waals surface area (Å²) < 4.78 is 8.37. The Labute approximate surface area is 188 Å². The molecule has 7 heteroatoms. The molecule has 2 unspecified atom stereocenters. The minimum atomic E-state index is -1.29. The Morgan fingerprint density at radius 1 is 1.19 bits per heavy atom. The fourth-order valence-electron chi connectivity index (χ4n) is 4.41. The number of allylic oxidation sites excluding steroid dienone is 3. The predicted molar refractivity (Wildman–Crippen MR) is 126 cm³/mol. The van der Waals surface area contributed by atoms with Gasteiger partial charge in [-0.25, -0.2) is 4.58 Å². The predicted octanol–water partition coefficient (Wildman–Crippen LogP) is 2.05. The van der Waals surface area contributed by atoms with Crippen LogP contribution >= 0.6 is 0 Å². The van der Waals surface area contributed by atoms with Gasteiger partial charge in [0, 0.05) is 68.0 Å². The molecule has 1 aliphatic carbocycles. The lowest BCUT2D eigenvalue weighted by Gasteiger charge is -2.37. The molecule has 0 saturated carbocycles. The quantitative estimate of drug-likeness (QED) is 0.567. The largest absolute Gasteiger partial charge is 0.545 e. The number of carboxylic acids is 1. The van der Waals surface area contributed by atoms with E-state index >= 15 is 0 Å². The topological polar surface area (TPSA) is 93.7 Å². The molecule has 4 rings (SSSR count). The highest BCUT2D eigenvalue weighted by Gasteiger charge is 2.38. The number of carbonyl (C=O) groups is 1. The van der Waals surface area contributed by atoms with Crippen LogP contribution in [0.1, 0.15) is 27.4 Å². The summed E-state index contributed by atoms with van der Waals surface area (Å²) in [5.74, 6) is -0.280. The Hall–Kier alpha value is -3.74. The van der Waals surface area contributed by atoms with Gasteiger partial charge < -0.3 is 30.6 Å². The molecule has 0 radical (unpaired) electrons. The number of benzene rings is 2. The van der Waals surface area contributed by atoms with Gasteiger partial charge in [0.25, 0.3) is 0 Å². The zero-order valence-electron chi connectivity index (χ0n) is 19.0. The number of carboxylic acid groups (broad SMARTS) is 1. The van der Waals surface area contributed by atoms with Gasteiger partial charge in [-0.05, 0) is 17.7 Å². The van der Waals surface area contributed by atoms with Crippen LogP contribution in [-0.2, 0) is 0 Å². The monoisotopic (exact) mass is 432 g/mol. The van der Waals surface area contributed by atoms with Crippen molar-refractivity contribution in [3.05, 3.63) is 71.0 Å². The summed E-state index contributed by atoms with van der Waals surface area (Å²) in [5, 5.41) is 15.2. The molecule has 1 heterocycles. The van der Waals surface area contributed by atoms with Crippen molar-refractivity contribution in [2.45, 2.75) is 5.92 Å². The highest BCUT2D eigenvalue weighted by atomic mass is 16.5. The van der Waals surface area contributed by atoms with E-state index in [1.54, 1.807) is 7.05 Å². The van der Waals surface area contributed by atoms with Crippen LogP contribution in [0.4, 0.5) is 17.1 Å². The number of ether oxygens (including phenoxy) is 1. The summed E-state index contributed by atoms with van der Waals surface area (Å²) in [6.45, 7) is 0. The van der Waals surface area contributed by atoms with Gasteiger partial charge in [0.05, 0.1) is 17.3 Å². The smallest absolute Gasteiger partial charge is 0.202 e. The van der Waals surface area contributed by atoms with Gasteiger partial charge >= 0.3 is 0 Å². The maximum Gasteiger partial charge on any atom is 0.202 e. The highest BCUT2D eigenvalue weighted by molar-refractivity contribution is 6.02. The molecule has 0 spiro atoms. The lowest BCUT2D eigenvalue weighted by Crippen LogP contribution is -2.31. The summed E-state index contributed by atoms with van der Waals surface area (Å²) in [7, 11) is 9.59. The van der Waals surface area contributed by atoms with E-state index in [2.05, 4.69) is 11.4 Å². The number of rotatable bonds is 4. The highest BCUT2D eigenvalue weighted by Crippen LogP contribution is 2.49. The summed E-state index contributed by atoms with van der Waals surface area (Å²) in [6, 6.07) is 9.64. The number of anilines is 3. The summed E-state index contributed by atoms with van der Waals surface area (Å²) >= 11 is 0. The number of carbonyl (C=O) groups excluding carboxylic acids is 1. The van der Waals surface area contributed by atoms with Gasteiger partial charge in [-0.2, -0.15) is 0 Å². The number of nitrogens with one attached hydrogen (secondary N) is 1. The van der Waals surface area contributed by atoms with E-state index in [9.17, 15) is 9.90 Å².